The predicted molar refractivity (Wildman–Crippen MR) is 45.2 cm³/mol. The third-order valence-electron chi connectivity index (χ3n) is 1.21. The molecule has 5 heteroatoms. The third kappa shape index (κ3) is 2.37. The fraction of sp³-hybridized carbons (Fsp3) is 0. The van der Waals surface area contributed by atoms with Gasteiger partial charge in [-0.1, -0.05) is 0 Å². The zero-order valence-electron chi connectivity index (χ0n) is 5.69. The van der Waals surface area contributed by atoms with E-state index in [1.807, 2.05) is 0 Å². The fourth-order valence-corrected chi connectivity index (χ4v) is 2.52. The van der Waals surface area contributed by atoms with Gasteiger partial charge in [-0.25, -0.2) is 0 Å². The van der Waals surface area contributed by atoms with Crippen molar-refractivity contribution in [3.63, 3.8) is 0 Å². The van der Waals surface area contributed by atoms with Crippen molar-refractivity contribution >= 4 is 33.9 Å². The summed E-state index contributed by atoms with van der Waals surface area (Å²) in [4.78, 5) is 0.356. The molecule has 1 aromatic rings. The Hall–Kier alpha value is -0.231. The van der Waals surface area contributed by atoms with Gasteiger partial charge in [-0.3, -0.25) is 0 Å². The Morgan fingerprint density at radius 2 is 1.64 bits per heavy atom. The minimum atomic E-state index is -2.95. The molecule has 0 heterocycles. The van der Waals surface area contributed by atoms with Crippen LogP contribution in [0.2, 0.25) is 0 Å². The van der Waals surface area contributed by atoms with Crippen molar-refractivity contribution in [1.82, 2.24) is 0 Å². The summed E-state index contributed by atoms with van der Waals surface area (Å²) in [6, 6.07) is 6.22. The van der Waals surface area contributed by atoms with Crippen LogP contribution in [0.25, 0.3) is 0 Å². The number of nitrogens with two attached hydrogens (primary N) is 1. The Labute approximate surface area is 77.1 Å². The van der Waals surface area contributed by atoms with Crippen LogP contribution in [0.1, 0.15) is 0 Å². The van der Waals surface area contributed by atoms with Crippen molar-refractivity contribution in [1.29, 1.82) is 0 Å². The van der Waals surface area contributed by atoms with Gasteiger partial charge in [0.25, 0.3) is 0 Å². The number of hydrogen-bond acceptors (Lipinski definition) is 3. The van der Waals surface area contributed by atoms with Gasteiger partial charge in [0, 0.05) is 0 Å². The molecule has 11 heavy (non-hydrogen) atoms. The molecule has 0 bridgehead atoms. The van der Waals surface area contributed by atoms with Gasteiger partial charge in [-0.2, -0.15) is 0 Å². The number of rotatable bonds is 1. The molecule has 2 radical (unpaired) electrons. The van der Waals surface area contributed by atoms with E-state index in [4.69, 9.17) is 5.73 Å². The molecule has 0 aliphatic heterocycles. The second kappa shape index (κ2) is 3.02. The van der Waals surface area contributed by atoms with Gasteiger partial charge in [0.05, 0.1) is 0 Å². The Morgan fingerprint density at radius 3 is 2.00 bits per heavy atom. The van der Waals surface area contributed by atoms with E-state index in [0.29, 0.717) is 10.6 Å². The molecule has 0 atom stereocenters. The normalized spacial score (nSPS) is 11.4. The van der Waals surface area contributed by atoms with Gasteiger partial charge in [-0.15, -0.1) is 0 Å². The topological polar surface area (TPSA) is 60.2 Å². The SMILES string of the molecule is Nc1ccc([S](=O)(=O)[SnH])cc1. The molecule has 0 aromatic heterocycles. The second-order valence-corrected chi connectivity index (χ2v) is 8.99. The van der Waals surface area contributed by atoms with E-state index in [2.05, 4.69) is 0 Å². The molecule has 1 aromatic carbocycles. The first kappa shape index (κ1) is 8.86. The maximum atomic E-state index is 11.0. The summed E-state index contributed by atoms with van der Waals surface area (Å²) in [6.07, 6.45) is 0. The Bertz CT molecular complexity index is 343. The van der Waals surface area contributed by atoms with E-state index in [9.17, 15) is 8.42 Å². The fourth-order valence-electron chi connectivity index (χ4n) is 0.658. The zero-order valence-corrected chi connectivity index (χ0v) is 9.80. The molecule has 0 spiro atoms. The van der Waals surface area contributed by atoms with Crippen LogP contribution in [-0.2, 0) is 7.02 Å². The monoisotopic (exact) mass is 277 g/mol. The molecule has 0 unspecified atom stereocenters. The Morgan fingerprint density at radius 1 is 1.18 bits per heavy atom. The van der Waals surface area contributed by atoms with Crippen LogP contribution in [-0.4, -0.2) is 29.6 Å². The van der Waals surface area contributed by atoms with Gasteiger partial charge < -0.3 is 0 Å². The van der Waals surface area contributed by atoms with Crippen LogP contribution in [0.4, 0.5) is 5.69 Å². The average molecular weight is 276 g/mol. The van der Waals surface area contributed by atoms with Crippen LogP contribution < -0.4 is 5.73 Å². The summed E-state index contributed by atoms with van der Waals surface area (Å²) in [7, 11) is -2.95. The van der Waals surface area contributed by atoms with Crippen LogP contribution in [0.3, 0.4) is 0 Å². The molecule has 0 fully saturated rings. The Kier molecular flexibility index (Phi) is 2.43. The molecular weight excluding hydrogens is 269 g/mol. The minimum absolute atomic E-state index is 0.210. The molecule has 0 amide bonds. The van der Waals surface area contributed by atoms with E-state index in [0.717, 1.165) is 0 Å². The van der Waals surface area contributed by atoms with E-state index in [1.165, 1.54) is 12.1 Å². The van der Waals surface area contributed by atoms with Crippen molar-refractivity contribution in [2.45, 2.75) is 4.90 Å². The van der Waals surface area contributed by atoms with Crippen LogP contribution in [0.15, 0.2) is 29.2 Å². The third-order valence-corrected chi connectivity index (χ3v) is 4.47. The van der Waals surface area contributed by atoms with E-state index in [-0.39, 0.29) is 21.1 Å². The number of hydrogen-bond donors (Lipinski definition) is 1. The number of anilines is 1. The summed E-state index contributed by atoms with van der Waals surface area (Å²) < 4.78 is 21.9. The van der Waals surface area contributed by atoms with Crippen LogP contribution >= 0.6 is 0 Å². The molecule has 2 N–H and O–H groups in total. The molecule has 58 valence electrons. The molecule has 3 nitrogen and oxygen atoms in total. The van der Waals surface area contributed by atoms with E-state index >= 15 is 0 Å². The summed E-state index contributed by atoms with van der Waals surface area (Å²) in [5.74, 6) is 0. The van der Waals surface area contributed by atoms with E-state index < -0.39 is 7.02 Å². The molecule has 0 saturated heterocycles. The molecule has 0 aliphatic carbocycles. The second-order valence-electron chi connectivity index (χ2n) is 2.11. The number of nitrogen functional groups attached to an aromatic ring is 1. The van der Waals surface area contributed by atoms with Crippen molar-refractivity contribution in [2.24, 2.45) is 0 Å². The maximum absolute atomic E-state index is 11.0. The predicted octanol–water partition coefficient (Wildman–Crippen LogP) is -0.142. The average Bonchev–Trinajstić information content (AvgIpc) is 1.86. The summed E-state index contributed by atoms with van der Waals surface area (Å²) in [5, 5.41) is 0. The van der Waals surface area contributed by atoms with Crippen molar-refractivity contribution in [3.8, 4) is 0 Å². The first-order valence-electron chi connectivity index (χ1n) is 2.88. The van der Waals surface area contributed by atoms with Gasteiger partial charge in [-0.05, 0) is 0 Å². The standard InChI is InChI=1S/C6H6NO2S.Sn.H/c7-5-1-3-6(4-2-5)10(8)9;;/h1-4H,7H2;;. The summed E-state index contributed by atoms with van der Waals surface area (Å²) in [6.45, 7) is 0. The quantitative estimate of drug-likeness (QED) is 0.573. The molecule has 0 aliphatic rings. The molecular formula is C6H7NO2SSn. The van der Waals surface area contributed by atoms with Crippen molar-refractivity contribution in [3.05, 3.63) is 24.3 Å². The van der Waals surface area contributed by atoms with Gasteiger partial charge >= 0.3 is 77.2 Å². The molecule has 0 saturated carbocycles. The van der Waals surface area contributed by atoms with Crippen molar-refractivity contribution in [2.75, 3.05) is 5.73 Å². The molecule has 1 rings (SSSR count). The first-order chi connectivity index (χ1) is 5.00. The first-order valence-corrected chi connectivity index (χ1v) is 8.47. The number of benzene rings is 1. The van der Waals surface area contributed by atoms with Crippen LogP contribution in [0, 0.1) is 0 Å². The zero-order chi connectivity index (χ0) is 8.48. The van der Waals surface area contributed by atoms with Crippen molar-refractivity contribution < 1.29 is 8.42 Å². The Balaban J connectivity index is 3.20. The van der Waals surface area contributed by atoms with Crippen LogP contribution in [0.5, 0.6) is 0 Å². The summed E-state index contributed by atoms with van der Waals surface area (Å²) >= 11 is 0.210. The summed E-state index contributed by atoms with van der Waals surface area (Å²) in [5.41, 5.74) is 5.97. The van der Waals surface area contributed by atoms with Gasteiger partial charge in [0.2, 0.25) is 0 Å². The van der Waals surface area contributed by atoms with E-state index in [1.54, 1.807) is 12.1 Å². The van der Waals surface area contributed by atoms with Gasteiger partial charge in [0.15, 0.2) is 0 Å². The van der Waals surface area contributed by atoms with Gasteiger partial charge in [0.1, 0.15) is 0 Å².